The molecule has 12 rings (SSSR count). The number of benzene rings is 8. The monoisotopic (exact) mass is 675 g/mol. The van der Waals surface area contributed by atoms with Gasteiger partial charge in [0.25, 0.3) is 0 Å². The lowest BCUT2D eigenvalue weighted by Gasteiger charge is -2.16. The van der Waals surface area contributed by atoms with E-state index in [1.807, 2.05) is 41.0 Å². The highest BCUT2D eigenvalue weighted by Gasteiger charge is 2.27. The van der Waals surface area contributed by atoms with Crippen LogP contribution >= 0.6 is 0 Å². The van der Waals surface area contributed by atoms with E-state index in [0.717, 1.165) is 43.6 Å². The molecule has 0 bridgehead atoms. The molecule has 0 saturated carbocycles. The molecule has 8 aromatic carbocycles. The minimum atomic E-state index is 0.337. The molecule has 2 N–H and O–H groups in total. The maximum Gasteiger partial charge on any atom is 0.138 e. The second-order valence-electron chi connectivity index (χ2n) is 14.0. The fourth-order valence-corrected chi connectivity index (χ4v) is 9.31. The van der Waals surface area contributed by atoms with E-state index in [1.54, 1.807) is 0 Å². The van der Waals surface area contributed by atoms with E-state index < -0.39 is 0 Å². The van der Waals surface area contributed by atoms with Crippen LogP contribution in [-0.2, 0) is 0 Å². The van der Waals surface area contributed by atoms with Crippen molar-refractivity contribution in [1.82, 2.24) is 13.5 Å². The zero-order chi connectivity index (χ0) is 34.9. The topological polar surface area (TPSA) is 62.0 Å². The Balaban J connectivity index is 1.18. The van der Waals surface area contributed by atoms with Gasteiger partial charge in [0.05, 0.1) is 38.6 Å². The van der Waals surface area contributed by atoms with Crippen molar-refractivity contribution in [2.45, 2.75) is 0 Å². The first kappa shape index (κ1) is 28.5. The lowest BCUT2D eigenvalue weighted by Crippen LogP contribution is -2.20. The van der Waals surface area contributed by atoms with Crippen molar-refractivity contribution in [2.75, 3.05) is 0 Å². The summed E-state index contributed by atoms with van der Waals surface area (Å²) in [4.78, 5) is 0. The molecule has 246 valence electrons. The average Bonchev–Trinajstić information content (AvgIpc) is 3.94. The number of nitrogens with zero attached hydrogens (tertiary/aromatic N) is 3. The van der Waals surface area contributed by atoms with Crippen LogP contribution in [0.2, 0.25) is 0 Å². The highest BCUT2D eigenvalue weighted by molar-refractivity contribution is 6.38. The zero-order valence-electron chi connectivity index (χ0n) is 28.4. The predicted molar refractivity (Wildman–Crippen MR) is 222 cm³/mol. The van der Waals surface area contributed by atoms with Crippen LogP contribution in [0.15, 0.2) is 164 Å². The van der Waals surface area contributed by atoms with Crippen LogP contribution in [0.1, 0.15) is 11.1 Å². The van der Waals surface area contributed by atoms with Gasteiger partial charge in [-0.2, -0.15) is 0 Å². The molecule has 0 aliphatic heterocycles. The van der Waals surface area contributed by atoms with Gasteiger partial charge in [-0.25, -0.2) is 0 Å². The molecule has 53 heavy (non-hydrogen) atoms. The maximum absolute atomic E-state index is 10.1. The highest BCUT2D eigenvalue weighted by atomic mass is 15.1. The van der Waals surface area contributed by atoms with E-state index >= 15 is 0 Å². The van der Waals surface area contributed by atoms with Crippen LogP contribution in [0.3, 0.4) is 0 Å². The molecular formula is C48H29N5. The fourth-order valence-electron chi connectivity index (χ4n) is 9.31. The molecule has 0 unspecified atom stereocenters. The number of rotatable bonds is 2. The minimum absolute atomic E-state index is 0.337. The molecule has 0 fully saturated rings. The Kier molecular flexibility index (Phi) is 5.47. The molecule has 0 atom stereocenters. The lowest BCUT2D eigenvalue weighted by atomic mass is 10.00. The third-order valence-corrected chi connectivity index (χ3v) is 11.5. The summed E-state index contributed by atoms with van der Waals surface area (Å²) >= 11 is 0. The van der Waals surface area contributed by atoms with E-state index in [-0.39, 0.29) is 0 Å². The van der Waals surface area contributed by atoms with Crippen LogP contribution in [0.4, 0.5) is 0 Å². The summed E-state index contributed by atoms with van der Waals surface area (Å²) in [6.45, 7) is 0. The molecule has 4 aromatic heterocycles. The van der Waals surface area contributed by atoms with Crippen LogP contribution < -0.4 is 0 Å². The molecule has 0 saturated heterocycles. The highest BCUT2D eigenvalue weighted by Crippen LogP contribution is 2.47. The molecule has 5 heteroatoms. The molecule has 5 nitrogen and oxygen atoms in total. The van der Waals surface area contributed by atoms with Gasteiger partial charge in [-0.15, -0.1) is 0 Å². The van der Waals surface area contributed by atoms with Gasteiger partial charge in [0.15, 0.2) is 0 Å². The zero-order valence-corrected chi connectivity index (χ0v) is 28.4. The molecule has 0 amide bonds. The van der Waals surface area contributed by atoms with E-state index in [1.165, 1.54) is 48.9 Å². The second kappa shape index (κ2) is 10.2. The summed E-state index contributed by atoms with van der Waals surface area (Å²) in [5.41, 5.74) is 8.93. The normalized spacial score (nSPS) is 12.3. The maximum atomic E-state index is 10.1. The first-order chi connectivity index (χ1) is 26.2. The van der Waals surface area contributed by atoms with Gasteiger partial charge < -0.3 is 4.40 Å². The van der Waals surface area contributed by atoms with Gasteiger partial charge in [-0.3, -0.25) is 20.0 Å². The SMILES string of the molecule is N=C(c1ccccc1C(=N)n1c2ccccc2c2c3c4ccc5ccccc5c4n4c5ccccc5c(cc21)c34)n1c2ccccc2c2ccccc21. The van der Waals surface area contributed by atoms with Crippen LogP contribution in [-0.4, -0.2) is 25.2 Å². The van der Waals surface area contributed by atoms with E-state index in [2.05, 4.69) is 136 Å². The van der Waals surface area contributed by atoms with Crippen LogP contribution in [0, 0.1) is 10.8 Å². The Morgan fingerprint density at radius 2 is 0.811 bits per heavy atom. The van der Waals surface area contributed by atoms with Crippen molar-refractivity contribution in [3.8, 4) is 0 Å². The van der Waals surface area contributed by atoms with Crippen LogP contribution in [0.25, 0.3) is 92.5 Å². The second-order valence-corrected chi connectivity index (χ2v) is 14.0. The summed E-state index contributed by atoms with van der Waals surface area (Å²) in [6, 6.07) is 57.2. The van der Waals surface area contributed by atoms with Crippen molar-refractivity contribution in [3.63, 3.8) is 0 Å². The summed E-state index contributed by atoms with van der Waals surface area (Å²) in [7, 11) is 0. The molecule has 0 aliphatic rings. The Morgan fingerprint density at radius 3 is 1.45 bits per heavy atom. The van der Waals surface area contributed by atoms with E-state index in [9.17, 15) is 10.8 Å². The Bertz CT molecular complexity index is 3500. The number of para-hydroxylation sites is 4. The first-order valence-electron chi connectivity index (χ1n) is 18.0. The number of hydrogen-bond acceptors (Lipinski definition) is 2. The van der Waals surface area contributed by atoms with Gasteiger partial charge in [0.1, 0.15) is 11.7 Å². The van der Waals surface area contributed by atoms with E-state index in [0.29, 0.717) is 22.8 Å². The van der Waals surface area contributed by atoms with Crippen molar-refractivity contribution in [3.05, 3.63) is 175 Å². The molecular weight excluding hydrogens is 647 g/mol. The standard InChI is InChI=1S/C48H29N5/c49-47(51-38-21-9-5-15-30(38)31-16-6-10-22-39(31)51)33-18-3-4-19-34(33)48(50)52-41-24-12-8-20-35(41)43-42(52)27-37-32-17-7-11-23-40(32)53-45-29-14-2-1-13-28(29)25-26-36(45)44(43)46(37)53/h1-27,49-50H. The molecule has 12 aromatic rings. The smallest absolute Gasteiger partial charge is 0.138 e. The largest absolute Gasteiger partial charge is 0.307 e. The summed E-state index contributed by atoms with van der Waals surface area (Å²) in [5.74, 6) is 0.678. The molecule has 0 spiro atoms. The summed E-state index contributed by atoms with van der Waals surface area (Å²) in [6.07, 6.45) is 0. The number of aromatic nitrogens is 3. The van der Waals surface area contributed by atoms with Gasteiger partial charge in [-0.1, -0.05) is 133 Å². The minimum Gasteiger partial charge on any atom is -0.307 e. The van der Waals surface area contributed by atoms with Crippen molar-refractivity contribution in [1.29, 1.82) is 10.8 Å². The Labute approximate surface area is 302 Å². The van der Waals surface area contributed by atoms with Crippen molar-refractivity contribution < 1.29 is 0 Å². The first-order valence-corrected chi connectivity index (χ1v) is 18.0. The van der Waals surface area contributed by atoms with Gasteiger partial charge in [-0.05, 0) is 35.7 Å². The summed E-state index contributed by atoms with van der Waals surface area (Å²) < 4.78 is 6.61. The van der Waals surface area contributed by atoms with Gasteiger partial charge in [0.2, 0.25) is 0 Å². The Morgan fingerprint density at radius 1 is 0.340 bits per heavy atom. The lowest BCUT2D eigenvalue weighted by molar-refractivity contribution is 1.19. The Hall–Kier alpha value is -7.24. The third kappa shape index (κ3) is 3.55. The quantitative estimate of drug-likeness (QED) is 0.135. The molecule has 4 heterocycles. The van der Waals surface area contributed by atoms with Crippen molar-refractivity contribution in [2.24, 2.45) is 0 Å². The van der Waals surface area contributed by atoms with Crippen molar-refractivity contribution >= 4 is 104 Å². The van der Waals surface area contributed by atoms with E-state index in [4.69, 9.17) is 0 Å². The number of fused-ring (bicyclic) bond motifs is 15. The average molecular weight is 676 g/mol. The van der Waals surface area contributed by atoms with Gasteiger partial charge >= 0.3 is 0 Å². The summed E-state index contributed by atoms with van der Waals surface area (Å²) in [5, 5.41) is 31.6. The predicted octanol–water partition coefficient (Wildman–Crippen LogP) is 12.0. The van der Waals surface area contributed by atoms with Crippen LogP contribution in [0.5, 0.6) is 0 Å². The molecule has 0 aliphatic carbocycles. The number of hydrogen-bond donors (Lipinski definition) is 2. The number of nitrogens with one attached hydrogen (secondary N) is 2. The fraction of sp³-hybridized carbons (Fsp3) is 0. The molecule has 0 radical (unpaired) electrons. The van der Waals surface area contributed by atoms with Gasteiger partial charge in [0, 0.05) is 59.6 Å². The third-order valence-electron chi connectivity index (χ3n) is 11.5.